The number of halogens is 1. The van der Waals surface area contributed by atoms with Crippen LogP contribution in [-0.4, -0.2) is 49.6 Å². The van der Waals surface area contributed by atoms with Gasteiger partial charge in [0.2, 0.25) is 5.91 Å². The zero-order chi connectivity index (χ0) is 20.5. The first-order chi connectivity index (χ1) is 13.1. The number of phenolic OH excluding ortho intramolecular Hbond substituents is 1. The fourth-order valence-electron chi connectivity index (χ4n) is 4.98. The van der Waals surface area contributed by atoms with Gasteiger partial charge in [-0.1, -0.05) is 6.07 Å². The van der Waals surface area contributed by atoms with E-state index in [1.54, 1.807) is 12.1 Å². The number of fused-ring (bicyclic) bond motifs is 3. The molecule has 1 aromatic carbocycles. The third kappa shape index (κ3) is 2.39. The Morgan fingerprint density at radius 3 is 2.54 bits per heavy atom. The van der Waals surface area contributed by atoms with Crippen molar-refractivity contribution in [1.29, 1.82) is 0 Å². The van der Waals surface area contributed by atoms with Gasteiger partial charge in [0.05, 0.1) is 21.2 Å². The number of aliphatic hydroxyl groups excluding tert-OH is 2. The molecule has 8 nitrogen and oxygen atoms in total. The Hall–Kier alpha value is -1.98. The molecule has 28 heavy (non-hydrogen) atoms. The van der Waals surface area contributed by atoms with Crippen molar-refractivity contribution >= 4 is 40.1 Å². The molecular weight excluding hydrogens is 481 g/mol. The summed E-state index contributed by atoms with van der Waals surface area (Å²) in [5, 5.41) is 42.3. The third-order valence-electron chi connectivity index (χ3n) is 6.22. The summed E-state index contributed by atoms with van der Waals surface area (Å²) in [6.45, 7) is 0. The van der Waals surface area contributed by atoms with Crippen LogP contribution >= 0.6 is 22.6 Å². The van der Waals surface area contributed by atoms with Gasteiger partial charge in [0.25, 0.3) is 0 Å². The Kier molecular flexibility index (Phi) is 4.32. The number of benzene rings is 1. The monoisotopic (exact) mass is 499 g/mol. The molecule has 0 heterocycles. The van der Waals surface area contributed by atoms with Gasteiger partial charge in [-0.05, 0) is 47.1 Å². The van der Waals surface area contributed by atoms with Crippen LogP contribution in [0.2, 0.25) is 0 Å². The Morgan fingerprint density at radius 2 is 1.89 bits per heavy atom. The number of ketones is 2. The summed E-state index contributed by atoms with van der Waals surface area (Å²) in [6.07, 6.45) is -1.47. The summed E-state index contributed by atoms with van der Waals surface area (Å²) in [7, 11) is 0. The number of primary amides is 1. The molecule has 4 rings (SSSR count). The SMILES string of the molecule is NC(=O)C1C2Cc3ccc(I)c(O)c3C(=O)C2=C(O)C2(O)C(=O)CC(O)CC12. The van der Waals surface area contributed by atoms with Crippen molar-refractivity contribution in [3.63, 3.8) is 0 Å². The van der Waals surface area contributed by atoms with Crippen molar-refractivity contribution in [2.45, 2.75) is 31.0 Å². The van der Waals surface area contributed by atoms with Crippen LogP contribution in [0.3, 0.4) is 0 Å². The zero-order valence-corrected chi connectivity index (χ0v) is 16.7. The number of amides is 1. The summed E-state index contributed by atoms with van der Waals surface area (Å²) in [6, 6.07) is 3.28. The van der Waals surface area contributed by atoms with E-state index in [1.807, 2.05) is 22.6 Å². The lowest BCUT2D eigenvalue weighted by molar-refractivity contribution is -0.163. The molecule has 6 N–H and O–H groups in total. The number of aromatic hydroxyl groups is 1. The van der Waals surface area contributed by atoms with Crippen LogP contribution in [0.25, 0.3) is 0 Å². The van der Waals surface area contributed by atoms with Crippen LogP contribution in [0.1, 0.15) is 28.8 Å². The fourth-order valence-corrected chi connectivity index (χ4v) is 5.43. The van der Waals surface area contributed by atoms with Crippen molar-refractivity contribution in [3.05, 3.63) is 38.2 Å². The second kappa shape index (κ2) is 6.26. The van der Waals surface area contributed by atoms with Crippen LogP contribution in [-0.2, 0) is 16.0 Å². The first kappa shape index (κ1) is 19.3. The van der Waals surface area contributed by atoms with Crippen molar-refractivity contribution in [2.24, 2.45) is 23.5 Å². The molecule has 1 amide bonds. The molecule has 1 saturated carbocycles. The number of rotatable bonds is 1. The molecule has 0 aliphatic heterocycles. The maximum absolute atomic E-state index is 13.2. The summed E-state index contributed by atoms with van der Waals surface area (Å²) >= 11 is 1.86. The van der Waals surface area contributed by atoms with Gasteiger partial charge >= 0.3 is 0 Å². The van der Waals surface area contributed by atoms with Crippen molar-refractivity contribution in [3.8, 4) is 5.75 Å². The van der Waals surface area contributed by atoms with Crippen LogP contribution in [0.15, 0.2) is 23.5 Å². The molecule has 0 bridgehead atoms. The van der Waals surface area contributed by atoms with E-state index in [0.717, 1.165) is 0 Å². The highest BCUT2D eigenvalue weighted by molar-refractivity contribution is 14.1. The number of phenols is 1. The zero-order valence-electron chi connectivity index (χ0n) is 14.6. The highest BCUT2D eigenvalue weighted by atomic mass is 127. The molecular formula is C19H18INO7. The Labute approximate surface area is 173 Å². The molecule has 3 aliphatic rings. The Bertz CT molecular complexity index is 971. The summed E-state index contributed by atoms with van der Waals surface area (Å²) in [5.41, 5.74) is 3.33. The minimum absolute atomic E-state index is 0.0155. The van der Waals surface area contributed by atoms with E-state index in [4.69, 9.17) is 5.73 Å². The first-order valence-electron chi connectivity index (χ1n) is 8.80. The van der Waals surface area contributed by atoms with Crippen LogP contribution in [0.4, 0.5) is 0 Å². The van der Waals surface area contributed by atoms with Gasteiger partial charge in [-0.2, -0.15) is 0 Å². The van der Waals surface area contributed by atoms with E-state index in [9.17, 15) is 34.8 Å². The maximum atomic E-state index is 13.2. The van der Waals surface area contributed by atoms with E-state index in [0.29, 0.717) is 9.13 Å². The van der Waals surface area contributed by atoms with Gasteiger partial charge in [0.15, 0.2) is 17.2 Å². The summed E-state index contributed by atoms with van der Waals surface area (Å²) in [5.74, 6) is -6.61. The minimum atomic E-state index is -2.46. The normalized spacial score (nSPS) is 34.5. The van der Waals surface area contributed by atoms with Crippen molar-refractivity contribution in [2.75, 3.05) is 0 Å². The number of Topliss-reactive ketones (excluding diaryl/α,β-unsaturated/α-hetero) is 2. The number of carbonyl (C=O) groups excluding carboxylic acids is 3. The summed E-state index contributed by atoms with van der Waals surface area (Å²) < 4.78 is 0.430. The van der Waals surface area contributed by atoms with E-state index in [2.05, 4.69) is 0 Å². The maximum Gasteiger partial charge on any atom is 0.221 e. The van der Waals surface area contributed by atoms with Gasteiger partial charge in [-0.15, -0.1) is 0 Å². The molecule has 1 fully saturated rings. The predicted molar refractivity (Wildman–Crippen MR) is 103 cm³/mol. The molecule has 0 aromatic heterocycles. The van der Waals surface area contributed by atoms with E-state index >= 15 is 0 Å². The number of carbonyl (C=O) groups is 3. The van der Waals surface area contributed by atoms with Crippen molar-refractivity contribution in [1.82, 2.24) is 0 Å². The molecule has 5 unspecified atom stereocenters. The number of nitrogens with two attached hydrogens (primary N) is 1. The average molecular weight is 499 g/mol. The van der Waals surface area contributed by atoms with Gasteiger partial charge < -0.3 is 26.2 Å². The molecule has 1 aromatic rings. The van der Waals surface area contributed by atoms with Crippen LogP contribution in [0.5, 0.6) is 5.75 Å². The van der Waals surface area contributed by atoms with Gasteiger partial charge in [0.1, 0.15) is 11.5 Å². The Morgan fingerprint density at radius 1 is 1.21 bits per heavy atom. The van der Waals surface area contributed by atoms with Gasteiger partial charge in [0, 0.05) is 23.8 Å². The van der Waals surface area contributed by atoms with Crippen LogP contribution in [0, 0.1) is 21.3 Å². The number of aliphatic hydroxyl groups is 3. The third-order valence-corrected chi connectivity index (χ3v) is 7.09. The molecule has 9 heteroatoms. The quantitative estimate of drug-likeness (QED) is 0.349. The van der Waals surface area contributed by atoms with E-state index in [-0.39, 0.29) is 29.7 Å². The average Bonchev–Trinajstić information content (AvgIpc) is 2.61. The molecule has 148 valence electrons. The van der Waals surface area contributed by atoms with E-state index < -0.39 is 59.1 Å². The van der Waals surface area contributed by atoms with Crippen molar-refractivity contribution < 1.29 is 34.8 Å². The largest absolute Gasteiger partial charge is 0.508 e. The van der Waals surface area contributed by atoms with Crippen LogP contribution < -0.4 is 5.73 Å². The Balaban J connectivity index is 1.99. The second-order valence-corrected chi connectivity index (χ2v) is 8.81. The highest BCUT2D eigenvalue weighted by Crippen LogP contribution is 2.53. The lowest BCUT2D eigenvalue weighted by atomic mass is 9.55. The molecule has 0 radical (unpaired) electrons. The minimum Gasteiger partial charge on any atom is -0.508 e. The topological polar surface area (TPSA) is 158 Å². The fraction of sp³-hybridized carbons (Fsp3) is 0.421. The van der Waals surface area contributed by atoms with E-state index in [1.165, 1.54) is 0 Å². The smallest absolute Gasteiger partial charge is 0.221 e. The first-order valence-corrected chi connectivity index (χ1v) is 9.88. The second-order valence-electron chi connectivity index (χ2n) is 7.65. The molecule has 0 spiro atoms. The van der Waals surface area contributed by atoms with Gasteiger partial charge in [-0.25, -0.2) is 0 Å². The number of allylic oxidation sites excluding steroid dienone is 1. The lowest BCUT2D eigenvalue weighted by Gasteiger charge is -2.50. The highest BCUT2D eigenvalue weighted by Gasteiger charge is 2.63. The van der Waals surface area contributed by atoms with Gasteiger partial charge in [-0.3, -0.25) is 14.4 Å². The molecule has 3 aliphatic carbocycles. The number of hydrogen-bond acceptors (Lipinski definition) is 7. The predicted octanol–water partition coefficient (Wildman–Crippen LogP) is 0.350. The summed E-state index contributed by atoms with van der Waals surface area (Å²) in [4.78, 5) is 38.1. The standard InChI is InChI=1S/C19H18INO7/c20-10-2-1-6-3-8-13(18(21)27)9-4-7(22)5-11(23)19(9,28)17(26)14(8)16(25)12(6)15(10)24/h1-2,7-9,13,22,24,26,28H,3-5H2,(H2,21,27). The lowest BCUT2D eigenvalue weighted by Crippen LogP contribution is -2.63. The molecule has 0 saturated heterocycles. The molecule has 5 atom stereocenters. The number of hydrogen-bond donors (Lipinski definition) is 5.